The molecule has 1 fully saturated rings. The Morgan fingerprint density at radius 3 is 2.65 bits per heavy atom. The summed E-state index contributed by atoms with van der Waals surface area (Å²) in [4.78, 5) is 10.6. The van der Waals surface area contributed by atoms with Crippen molar-refractivity contribution in [3.05, 3.63) is 29.8 Å². The minimum absolute atomic E-state index is 0.0746. The van der Waals surface area contributed by atoms with E-state index in [1.54, 1.807) is 0 Å². The van der Waals surface area contributed by atoms with E-state index in [9.17, 15) is 4.79 Å². The third-order valence-corrected chi connectivity index (χ3v) is 3.87. The number of hydrogen-bond donors (Lipinski definition) is 2. The van der Waals surface area contributed by atoms with E-state index in [0.29, 0.717) is 17.2 Å². The lowest BCUT2D eigenvalue weighted by atomic mass is 9.92. The molecule has 2 rings (SSSR count). The maximum Gasteiger partial charge on any atom is 0.255 e. The summed E-state index contributed by atoms with van der Waals surface area (Å²) in [7, 11) is 0. The highest BCUT2D eigenvalue weighted by atomic mass is 16.5. The first-order valence-corrected chi connectivity index (χ1v) is 7.18. The third-order valence-electron chi connectivity index (χ3n) is 3.87. The first kappa shape index (κ1) is 14.9. The Labute approximate surface area is 120 Å². The molecule has 0 aliphatic heterocycles. The topological polar surface area (TPSA) is 64.3 Å². The molecule has 1 aromatic carbocycles. The second-order valence-electron chi connectivity index (χ2n) is 6.38. The van der Waals surface area contributed by atoms with Gasteiger partial charge in [0.25, 0.3) is 5.91 Å². The molecule has 0 bridgehead atoms. The van der Waals surface area contributed by atoms with Gasteiger partial charge in [-0.15, -0.1) is 0 Å². The number of nitrogens with one attached hydrogen (secondary N) is 1. The van der Waals surface area contributed by atoms with Crippen molar-refractivity contribution in [2.45, 2.75) is 45.7 Å². The van der Waals surface area contributed by atoms with Crippen molar-refractivity contribution >= 4 is 5.91 Å². The highest BCUT2D eigenvalue weighted by Gasteiger charge is 2.30. The molecule has 1 aliphatic rings. The van der Waals surface area contributed by atoms with Crippen LogP contribution in [0.3, 0.4) is 0 Å². The van der Waals surface area contributed by atoms with Gasteiger partial charge in [-0.05, 0) is 42.4 Å². The monoisotopic (exact) mass is 276 g/mol. The highest BCUT2D eigenvalue weighted by molar-refractivity contribution is 5.75. The quantitative estimate of drug-likeness (QED) is 0.837. The molecule has 1 atom stereocenters. The average Bonchev–Trinajstić information content (AvgIpc) is 2.75. The zero-order valence-electron chi connectivity index (χ0n) is 12.3. The van der Waals surface area contributed by atoms with Crippen molar-refractivity contribution in [1.82, 2.24) is 5.32 Å². The highest BCUT2D eigenvalue weighted by Crippen LogP contribution is 2.36. The van der Waals surface area contributed by atoms with Crippen LogP contribution in [0.2, 0.25) is 0 Å². The molecule has 0 heterocycles. The van der Waals surface area contributed by atoms with Crippen LogP contribution in [0.1, 0.15) is 38.7 Å². The summed E-state index contributed by atoms with van der Waals surface area (Å²) in [5, 5.41) is 3.61. The molecule has 0 saturated heterocycles. The van der Waals surface area contributed by atoms with E-state index in [1.807, 2.05) is 24.3 Å². The van der Waals surface area contributed by atoms with Gasteiger partial charge in [0.1, 0.15) is 5.75 Å². The van der Waals surface area contributed by atoms with Gasteiger partial charge in [-0.3, -0.25) is 4.79 Å². The first-order chi connectivity index (χ1) is 9.44. The van der Waals surface area contributed by atoms with Crippen LogP contribution in [0.5, 0.6) is 5.75 Å². The molecule has 0 spiro atoms. The van der Waals surface area contributed by atoms with Crippen LogP contribution in [0, 0.1) is 5.41 Å². The number of rotatable bonds is 6. The summed E-state index contributed by atoms with van der Waals surface area (Å²) in [6, 6.07) is 8.40. The van der Waals surface area contributed by atoms with Gasteiger partial charge in [0, 0.05) is 12.6 Å². The fourth-order valence-corrected chi connectivity index (χ4v) is 2.73. The molecule has 20 heavy (non-hydrogen) atoms. The fourth-order valence-electron chi connectivity index (χ4n) is 2.73. The molecule has 1 aliphatic carbocycles. The Balaban J connectivity index is 1.78. The van der Waals surface area contributed by atoms with E-state index in [2.05, 4.69) is 19.2 Å². The fraction of sp³-hybridized carbons (Fsp3) is 0.562. The number of carbonyl (C=O) groups is 1. The first-order valence-electron chi connectivity index (χ1n) is 7.18. The van der Waals surface area contributed by atoms with Crippen molar-refractivity contribution in [2.24, 2.45) is 11.1 Å². The summed E-state index contributed by atoms with van der Waals surface area (Å²) >= 11 is 0. The second kappa shape index (κ2) is 6.27. The maximum absolute atomic E-state index is 10.6. The van der Waals surface area contributed by atoms with Crippen LogP contribution < -0.4 is 15.8 Å². The lowest BCUT2D eigenvalue weighted by Crippen LogP contribution is -2.26. The standard InChI is InChI=1S/C16H24N2O2/c1-16(2)8-7-13(9-16)18-10-12-3-5-14(6-4-12)20-11-15(17)19/h3-6,13,18H,7-11H2,1-2H3,(H2,17,19). The molecule has 1 amide bonds. The number of nitrogens with two attached hydrogens (primary N) is 1. The molecule has 0 aromatic heterocycles. The molecule has 1 unspecified atom stereocenters. The van der Waals surface area contributed by atoms with Gasteiger partial charge in [-0.1, -0.05) is 26.0 Å². The number of hydrogen-bond acceptors (Lipinski definition) is 3. The summed E-state index contributed by atoms with van der Waals surface area (Å²) in [5.74, 6) is 0.217. The summed E-state index contributed by atoms with van der Waals surface area (Å²) < 4.78 is 5.23. The van der Waals surface area contributed by atoms with E-state index >= 15 is 0 Å². The van der Waals surface area contributed by atoms with Crippen LogP contribution in [-0.4, -0.2) is 18.6 Å². The van der Waals surface area contributed by atoms with Gasteiger partial charge in [-0.25, -0.2) is 0 Å². The summed E-state index contributed by atoms with van der Waals surface area (Å²) in [6.45, 7) is 5.46. The predicted octanol–water partition coefficient (Wildman–Crippen LogP) is 2.22. The van der Waals surface area contributed by atoms with Crippen LogP contribution in [0.4, 0.5) is 0 Å². The number of primary amides is 1. The third kappa shape index (κ3) is 4.53. The Bertz CT molecular complexity index is 454. The van der Waals surface area contributed by atoms with Gasteiger partial charge in [0.2, 0.25) is 0 Å². The van der Waals surface area contributed by atoms with Gasteiger partial charge in [0.15, 0.2) is 6.61 Å². The lowest BCUT2D eigenvalue weighted by Gasteiger charge is -2.18. The van der Waals surface area contributed by atoms with Crippen LogP contribution in [0.25, 0.3) is 0 Å². The van der Waals surface area contributed by atoms with Gasteiger partial charge in [0.05, 0.1) is 0 Å². The van der Waals surface area contributed by atoms with Crippen LogP contribution in [0.15, 0.2) is 24.3 Å². The summed E-state index contributed by atoms with van der Waals surface area (Å²) in [5.41, 5.74) is 6.74. The Kier molecular flexibility index (Phi) is 4.65. The van der Waals surface area contributed by atoms with E-state index in [0.717, 1.165) is 6.54 Å². The molecule has 110 valence electrons. The molecule has 0 radical (unpaired) electrons. The molecule has 1 saturated carbocycles. The Morgan fingerprint density at radius 2 is 2.10 bits per heavy atom. The second-order valence-corrected chi connectivity index (χ2v) is 6.38. The van der Waals surface area contributed by atoms with Gasteiger partial charge >= 0.3 is 0 Å². The molecule has 4 heteroatoms. The zero-order valence-corrected chi connectivity index (χ0v) is 12.3. The minimum atomic E-state index is -0.459. The molecule has 4 nitrogen and oxygen atoms in total. The van der Waals surface area contributed by atoms with Crippen molar-refractivity contribution in [3.8, 4) is 5.75 Å². The molecule has 3 N–H and O–H groups in total. The van der Waals surface area contributed by atoms with Crippen molar-refractivity contribution in [3.63, 3.8) is 0 Å². The zero-order chi connectivity index (χ0) is 14.6. The normalized spacial score (nSPS) is 20.8. The Morgan fingerprint density at radius 1 is 1.40 bits per heavy atom. The number of carbonyl (C=O) groups excluding carboxylic acids is 1. The molecular formula is C16H24N2O2. The smallest absolute Gasteiger partial charge is 0.255 e. The number of benzene rings is 1. The van der Waals surface area contributed by atoms with E-state index in [4.69, 9.17) is 10.5 Å². The Hall–Kier alpha value is -1.55. The van der Waals surface area contributed by atoms with Crippen LogP contribution >= 0.6 is 0 Å². The average molecular weight is 276 g/mol. The van der Waals surface area contributed by atoms with Crippen molar-refractivity contribution in [2.75, 3.05) is 6.61 Å². The van der Waals surface area contributed by atoms with E-state index in [-0.39, 0.29) is 6.61 Å². The maximum atomic E-state index is 10.6. The number of amides is 1. The van der Waals surface area contributed by atoms with Crippen molar-refractivity contribution < 1.29 is 9.53 Å². The number of ether oxygens (including phenoxy) is 1. The van der Waals surface area contributed by atoms with E-state index in [1.165, 1.54) is 24.8 Å². The van der Waals surface area contributed by atoms with Gasteiger partial charge in [-0.2, -0.15) is 0 Å². The summed E-state index contributed by atoms with van der Waals surface area (Å²) in [6.07, 6.45) is 3.80. The minimum Gasteiger partial charge on any atom is -0.484 e. The molecular weight excluding hydrogens is 252 g/mol. The van der Waals surface area contributed by atoms with Crippen molar-refractivity contribution in [1.29, 1.82) is 0 Å². The molecule has 1 aromatic rings. The van der Waals surface area contributed by atoms with E-state index < -0.39 is 5.91 Å². The predicted molar refractivity (Wildman–Crippen MR) is 79.4 cm³/mol. The SMILES string of the molecule is CC1(C)CCC(NCc2ccc(OCC(N)=O)cc2)C1. The largest absolute Gasteiger partial charge is 0.484 e. The van der Waals surface area contributed by atoms with Crippen LogP contribution in [-0.2, 0) is 11.3 Å². The van der Waals surface area contributed by atoms with Gasteiger partial charge < -0.3 is 15.8 Å². The lowest BCUT2D eigenvalue weighted by molar-refractivity contribution is -0.119.